The first-order valence-electron chi connectivity index (χ1n) is 6.40. The quantitative estimate of drug-likeness (QED) is 0.322. The Balaban J connectivity index is -0.0000000420. The van der Waals surface area contributed by atoms with Crippen LogP contribution in [-0.2, 0) is 132 Å². The summed E-state index contributed by atoms with van der Waals surface area (Å²) in [6.07, 6.45) is 0. The maximum absolute atomic E-state index is 8.63. The molecule has 3 N–H and O–H groups in total. The molecule has 0 spiro atoms. The molecule has 0 aliphatic rings. The van der Waals surface area contributed by atoms with Gasteiger partial charge in [0.25, 0.3) is 0 Å². The minimum atomic E-state index is 0. The van der Waals surface area contributed by atoms with Crippen molar-refractivity contribution in [3.8, 4) is 17.2 Å². The normalized spacial score (nSPS) is 6.43. The molecule has 6 radical (unpaired) electrons. The topological polar surface area (TPSA) is 60.7 Å². The number of phenolic OH excluding ortho intramolecular Hbond substituents is 3. The van der Waals surface area contributed by atoms with Crippen molar-refractivity contribution in [3.05, 3.63) is 91.0 Å². The maximum Gasteiger partial charge on any atom is 0.115 e. The van der Waals surface area contributed by atoms with Crippen LogP contribution in [-0.4, -0.2) is 15.3 Å². The molecule has 144 valence electrons. The summed E-state index contributed by atoms with van der Waals surface area (Å²) in [6, 6.07) is 26.1. The van der Waals surface area contributed by atoms with Crippen LogP contribution in [0.1, 0.15) is 0 Å². The van der Waals surface area contributed by atoms with Gasteiger partial charge in [0.2, 0.25) is 0 Å². The van der Waals surface area contributed by atoms with E-state index in [2.05, 4.69) is 0 Å². The minimum Gasteiger partial charge on any atom is -0.508 e. The summed E-state index contributed by atoms with van der Waals surface area (Å²) >= 11 is 0. The molecular weight excluding hydrogens is 754 g/mol. The number of rotatable bonds is 0. The number of hydrogen-bond acceptors (Lipinski definition) is 3. The van der Waals surface area contributed by atoms with Crippen molar-refractivity contribution in [2.75, 3.05) is 0 Å². The Hall–Kier alpha value is 1.25. The monoisotopic (exact) mass is 772 g/mol. The molecule has 3 rings (SSSR count). The van der Waals surface area contributed by atoms with E-state index in [4.69, 9.17) is 15.3 Å². The smallest absolute Gasteiger partial charge is 0.115 e. The summed E-state index contributed by atoms with van der Waals surface area (Å²) in [5, 5.41) is 25.9. The van der Waals surface area contributed by atoms with Crippen molar-refractivity contribution in [3.63, 3.8) is 0 Å². The molecule has 0 saturated heterocycles. The second-order valence-electron chi connectivity index (χ2n) is 4.01. The van der Waals surface area contributed by atoms with Crippen molar-refractivity contribution in [2.45, 2.75) is 0 Å². The standard InChI is InChI=1S/3C6H6O.6V.W/c3*7-6-4-2-1-3-5-6;;;;;;;/h3*1-5,7H;;;;;;;. The molecule has 3 aromatic carbocycles. The van der Waals surface area contributed by atoms with E-state index < -0.39 is 0 Å². The third-order valence-corrected chi connectivity index (χ3v) is 2.27. The van der Waals surface area contributed by atoms with Gasteiger partial charge in [-0.15, -0.1) is 0 Å². The van der Waals surface area contributed by atoms with E-state index in [0.29, 0.717) is 17.2 Å². The Labute approximate surface area is 252 Å². The molecule has 0 aliphatic carbocycles. The second-order valence-corrected chi connectivity index (χ2v) is 4.01. The van der Waals surface area contributed by atoms with Gasteiger partial charge in [0, 0.05) is 132 Å². The van der Waals surface area contributed by atoms with E-state index in [1.807, 2.05) is 18.2 Å². The third-order valence-electron chi connectivity index (χ3n) is 2.27. The fraction of sp³-hybridized carbons (Fsp3) is 0. The van der Waals surface area contributed by atoms with Crippen LogP contribution in [0.15, 0.2) is 91.0 Å². The van der Waals surface area contributed by atoms with Gasteiger partial charge in [0.05, 0.1) is 0 Å². The molecule has 0 bridgehead atoms. The first kappa shape index (κ1) is 47.2. The fourth-order valence-electron chi connectivity index (χ4n) is 1.28. The van der Waals surface area contributed by atoms with Gasteiger partial charge < -0.3 is 15.3 Å². The molecule has 28 heavy (non-hydrogen) atoms. The number of aromatic hydroxyl groups is 3. The van der Waals surface area contributed by atoms with Crippen LogP contribution in [0.25, 0.3) is 0 Å². The van der Waals surface area contributed by atoms with Gasteiger partial charge in [0.1, 0.15) is 17.2 Å². The molecule has 10 heteroatoms. The summed E-state index contributed by atoms with van der Waals surface area (Å²) in [6.45, 7) is 0. The van der Waals surface area contributed by atoms with Crippen LogP contribution in [0.2, 0.25) is 0 Å². The van der Waals surface area contributed by atoms with Gasteiger partial charge in [-0.1, -0.05) is 54.6 Å². The molecule has 0 fully saturated rings. The molecule has 0 amide bonds. The van der Waals surface area contributed by atoms with Gasteiger partial charge in [-0.2, -0.15) is 0 Å². The molecular formula is C18H18O3V6W. The van der Waals surface area contributed by atoms with Crippen LogP contribution in [0.4, 0.5) is 0 Å². The molecule has 3 aromatic rings. The Morgan fingerprint density at radius 1 is 0.321 bits per heavy atom. The van der Waals surface area contributed by atoms with Crippen LogP contribution in [0, 0.1) is 0 Å². The van der Waals surface area contributed by atoms with E-state index in [9.17, 15) is 0 Å². The van der Waals surface area contributed by atoms with Crippen LogP contribution >= 0.6 is 0 Å². The predicted molar refractivity (Wildman–Crippen MR) is 84.3 cm³/mol. The third kappa shape index (κ3) is 29.5. The van der Waals surface area contributed by atoms with Crippen LogP contribution < -0.4 is 0 Å². The average Bonchev–Trinajstić information content (AvgIpc) is 2.51. The van der Waals surface area contributed by atoms with E-state index in [0.717, 1.165) is 0 Å². The summed E-state index contributed by atoms with van der Waals surface area (Å²) in [5.41, 5.74) is 0. The summed E-state index contributed by atoms with van der Waals surface area (Å²) in [7, 11) is 0. The van der Waals surface area contributed by atoms with E-state index >= 15 is 0 Å². The average molecular weight is 772 g/mol. The predicted octanol–water partition coefficient (Wildman–Crippen LogP) is 4.16. The fourth-order valence-corrected chi connectivity index (χ4v) is 1.28. The van der Waals surface area contributed by atoms with E-state index in [1.165, 1.54) is 0 Å². The Morgan fingerprint density at radius 3 is 0.536 bits per heavy atom. The Morgan fingerprint density at radius 2 is 0.464 bits per heavy atom. The number of para-hydroxylation sites is 3. The largest absolute Gasteiger partial charge is 0.508 e. The summed E-state index contributed by atoms with van der Waals surface area (Å²) < 4.78 is 0. The number of phenols is 3. The first-order chi connectivity index (χ1) is 10.2. The number of hydrogen-bond donors (Lipinski definition) is 3. The van der Waals surface area contributed by atoms with Gasteiger partial charge in [-0.3, -0.25) is 0 Å². The zero-order valence-electron chi connectivity index (χ0n) is 14.6. The van der Waals surface area contributed by atoms with Crippen molar-refractivity contribution in [1.29, 1.82) is 0 Å². The van der Waals surface area contributed by atoms with Gasteiger partial charge in [0.15, 0.2) is 0 Å². The zero-order valence-corrected chi connectivity index (χ0v) is 25.9. The van der Waals surface area contributed by atoms with E-state index in [1.54, 1.807) is 72.8 Å². The van der Waals surface area contributed by atoms with Crippen LogP contribution in [0.3, 0.4) is 0 Å². The Bertz CT molecular complexity index is 518. The van der Waals surface area contributed by atoms with Gasteiger partial charge >= 0.3 is 0 Å². The first-order valence-corrected chi connectivity index (χ1v) is 6.40. The molecule has 3 nitrogen and oxygen atoms in total. The molecule has 0 aliphatic heterocycles. The molecule has 0 aromatic heterocycles. The molecule has 0 unspecified atom stereocenters. The molecule has 0 heterocycles. The van der Waals surface area contributed by atoms with Crippen molar-refractivity contribution in [1.82, 2.24) is 0 Å². The van der Waals surface area contributed by atoms with Gasteiger partial charge in [-0.05, 0) is 36.4 Å². The second kappa shape index (κ2) is 32.9. The molecule has 0 saturated carbocycles. The van der Waals surface area contributed by atoms with Gasteiger partial charge in [-0.25, -0.2) is 0 Å². The van der Waals surface area contributed by atoms with Crippen molar-refractivity contribution < 1.29 is 148 Å². The van der Waals surface area contributed by atoms with Crippen molar-refractivity contribution >= 4 is 0 Å². The summed E-state index contributed by atoms with van der Waals surface area (Å²) in [4.78, 5) is 0. The SMILES string of the molecule is Oc1ccccc1.Oc1ccccc1.Oc1ccccc1.[V].[V].[V].[V].[V].[V].[W]. The maximum atomic E-state index is 8.63. The van der Waals surface area contributed by atoms with Crippen LogP contribution in [0.5, 0.6) is 17.2 Å². The summed E-state index contributed by atoms with van der Waals surface area (Å²) in [5.74, 6) is 0.965. The van der Waals surface area contributed by atoms with Crippen molar-refractivity contribution in [2.24, 2.45) is 0 Å². The van der Waals surface area contributed by atoms with E-state index in [-0.39, 0.29) is 132 Å². The molecule has 0 atom stereocenters. The zero-order chi connectivity index (χ0) is 15.3. The Kier molecular flexibility index (Phi) is 55.4. The number of benzene rings is 3. The minimum absolute atomic E-state index is 0.